The van der Waals surface area contributed by atoms with Crippen LogP contribution < -0.4 is 10.6 Å². The summed E-state index contributed by atoms with van der Waals surface area (Å²) in [4.78, 5) is 21.2. The molecule has 1 atom stereocenters. The molecule has 62 valence electrons. The third-order valence-electron chi connectivity index (χ3n) is 1.67. The molecule has 2 N–H and O–H groups in total. The van der Waals surface area contributed by atoms with Gasteiger partial charge >= 0.3 is 0 Å². The molecule has 1 saturated heterocycles. The molecule has 1 unspecified atom stereocenters. The number of hydrogen-bond acceptors (Lipinski definition) is 2. The first kappa shape index (κ1) is 8.04. The van der Waals surface area contributed by atoms with Gasteiger partial charge in [0.15, 0.2) is 0 Å². The van der Waals surface area contributed by atoms with Crippen LogP contribution >= 0.6 is 0 Å². The van der Waals surface area contributed by atoms with Gasteiger partial charge in [-0.25, -0.2) is 0 Å². The molecule has 0 radical (unpaired) electrons. The summed E-state index contributed by atoms with van der Waals surface area (Å²) < 4.78 is 0. The molecule has 0 aromatic rings. The van der Waals surface area contributed by atoms with Crippen molar-refractivity contribution in [2.75, 3.05) is 6.54 Å². The highest BCUT2D eigenvalue weighted by atomic mass is 16.2. The van der Waals surface area contributed by atoms with Crippen LogP contribution in [0.5, 0.6) is 0 Å². The minimum absolute atomic E-state index is 0.0360. The van der Waals surface area contributed by atoms with Crippen LogP contribution in [0.3, 0.4) is 0 Å². The van der Waals surface area contributed by atoms with Gasteiger partial charge in [0.05, 0.1) is 0 Å². The normalized spacial score (nSPS) is 24.1. The van der Waals surface area contributed by atoms with Crippen molar-refractivity contribution in [1.82, 2.24) is 10.6 Å². The van der Waals surface area contributed by atoms with Crippen molar-refractivity contribution in [2.45, 2.75) is 25.8 Å². The van der Waals surface area contributed by atoms with Crippen molar-refractivity contribution >= 4 is 11.8 Å². The highest BCUT2D eigenvalue weighted by molar-refractivity contribution is 5.78. The van der Waals surface area contributed by atoms with Crippen molar-refractivity contribution < 1.29 is 9.59 Å². The highest BCUT2D eigenvalue weighted by Crippen LogP contribution is 2.01. The Morgan fingerprint density at radius 2 is 2.45 bits per heavy atom. The van der Waals surface area contributed by atoms with E-state index in [2.05, 4.69) is 10.6 Å². The zero-order valence-corrected chi connectivity index (χ0v) is 6.52. The molecule has 2 amide bonds. The molecule has 1 aliphatic rings. The maximum Gasteiger partial charge on any atom is 0.220 e. The van der Waals surface area contributed by atoms with Gasteiger partial charge in [-0.15, -0.1) is 0 Å². The summed E-state index contributed by atoms with van der Waals surface area (Å²) in [6.45, 7) is 2.05. The number of amides is 2. The summed E-state index contributed by atoms with van der Waals surface area (Å²) in [6, 6.07) is 0.130. The van der Waals surface area contributed by atoms with Gasteiger partial charge < -0.3 is 10.6 Å². The zero-order valence-electron chi connectivity index (χ0n) is 6.52. The molecule has 4 heteroatoms. The van der Waals surface area contributed by atoms with Gasteiger partial charge in [0.25, 0.3) is 0 Å². The Labute approximate surface area is 65.3 Å². The highest BCUT2D eigenvalue weighted by Gasteiger charge is 2.17. The van der Waals surface area contributed by atoms with E-state index in [0.717, 1.165) is 6.42 Å². The van der Waals surface area contributed by atoms with E-state index in [1.54, 1.807) is 0 Å². The molecule has 0 aliphatic carbocycles. The van der Waals surface area contributed by atoms with Crippen LogP contribution in [-0.4, -0.2) is 24.4 Å². The van der Waals surface area contributed by atoms with Crippen LogP contribution in [0.2, 0.25) is 0 Å². The lowest BCUT2D eigenvalue weighted by atomic mass is 10.1. The van der Waals surface area contributed by atoms with E-state index in [0.29, 0.717) is 13.0 Å². The molecular formula is C7H12N2O2. The van der Waals surface area contributed by atoms with E-state index in [1.807, 2.05) is 0 Å². The standard InChI is InChI=1S/C7H12N2O2/c1-5(10)9-6-2-3-7(11)8-4-6/h6H,2-4H2,1H3,(H,8,11)(H,9,10). The maximum atomic E-state index is 10.7. The third-order valence-corrected chi connectivity index (χ3v) is 1.67. The molecule has 0 aromatic carbocycles. The molecular weight excluding hydrogens is 144 g/mol. The van der Waals surface area contributed by atoms with Gasteiger partial charge in [0, 0.05) is 25.9 Å². The van der Waals surface area contributed by atoms with E-state index in [1.165, 1.54) is 6.92 Å². The van der Waals surface area contributed by atoms with Crippen LogP contribution in [0.1, 0.15) is 19.8 Å². The number of carbonyl (C=O) groups is 2. The topological polar surface area (TPSA) is 58.2 Å². The van der Waals surface area contributed by atoms with Gasteiger partial charge in [0.1, 0.15) is 0 Å². The van der Waals surface area contributed by atoms with Gasteiger partial charge in [-0.2, -0.15) is 0 Å². The number of hydrogen-bond donors (Lipinski definition) is 2. The van der Waals surface area contributed by atoms with Crippen molar-refractivity contribution in [1.29, 1.82) is 0 Å². The summed E-state index contributed by atoms with van der Waals surface area (Å²) in [5.41, 5.74) is 0. The summed E-state index contributed by atoms with van der Waals surface area (Å²) >= 11 is 0. The first-order valence-corrected chi connectivity index (χ1v) is 3.72. The van der Waals surface area contributed by atoms with Crippen LogP contribution in [0.4, 0.5) is 0 Å². The quantitative estimate of drug-likeness (QED) is 0.532. The predicted octanol–water partition coefficient (Wildman–Crippen LogP) is -0.599. The largest absolute Gasteiger partial charge is 0.354 e. The summed E-state index contributed by atoms with van der Waals surface area (Å²) in [5.74, 6) is 0.0396. The van der Waals surface area contributed by atoms with E-state index in [9.17, 15) is 9.59 Å². The number of nitrogens with one attached hydrogen (secondary N) is 2. The van der Waals surface area contributed by atoms with Crippen molar-refractivity contribution in [2.24, 2.45) is 0 Å². The minimum atomic E-state index is -0.0360. The molecule has 0 saturated carbocycles. The smallest absolute Gasteiger partial charge is 0.220 e. The fourth-order valence-corrected chi connectivity index (χ4v) is 1.14. The number of piperidine rings is 1. The molecule has 0 aromatic heterocycles. The van der Waals surface area contributed by atoms with Crippen molar-refractivity contribution in [3.8, 4) is 0 Å². The third kappa shape index (κ3) is 2.57. The molecule has 1 aliphatic heterocycles. The number of carbonyl (C=O) groups excluding carboxylic acids is 2. The van der Waals surface area contributed by atoms with E-state index in [4.69, 9.17) is 0 Å². The van der Waals surface area contributed by atoms with Gasteiger partial charge in [-0.1, -0.05) is 0 Å². The molecule has 1 fully saturated rings. The Hall–Kier alpha value is -1.06. The Morgan fingerprint density at radius 1 is 1.73 bits per heavy atom. The van der Waals surface area contributed by atoms with Gasteiger partial charge in [-0.3, -0.25) is 9.59 Å². The van der Waals surface area contributed by atoms with Crippen LogP contribution in [0.15, 0.2) is 0 Å². The molecule has 0 spiro atoms. The van der Waals surface area contributed by atoms with Crippen LogP contribution in [0, 0.1) is 0 Å². The average Bonchev–Trinajstić information content (AvgIpc) is 1.93. The fraction of sp³-hybridized carbons (Fsp3) is 0.714. The molecule has 0 bridgehead atoms. The zero-order chi connectivity index (χ0) is 8.27. The van der Waals surface area contributed by atoms with Crippen molar-refractivity contribution in [3.63, 3.8) is 0 Å². The molecule has 11 heavy (non-hydrogen) atoms. The lowest BCUT2D eigenvalue weighted by molar-refractivity contribution is -0.124. The molecule has 4 nitrogen and oxygen atoms in total. The second kappa shape index (κ2) is 3.37. The Morgan fingerprint density at radius 3 is 2.91 bits per heavy atom. The fourth-order valence-electron chi connectivity index (χ4n) is 1.14. The predicted molar refractivity (Wildman–Crippen MR) is 39.8 cm³/mol. The SMILES string of the molecule is CC(=O)NC1CCC(=O)NC1. The maximum absolute atomic E-state index is 10.7. The summed E-state index contributed by atoms with van der Waals surface area (Å²) in [5, 5.41) is 5.43. The molecule has 1 rings (SSSR count). The van der Waals surface area contributed by atoms with E-state index < -0.39 is 0 Å². The Kier molecular flexibility index (Phi) is 2.46. The number of rotatable bonds is 1. The van der Waals surface area contributed by atoms with E-state index in [-0.39, 0.29) is 17.9 Å². The minimum Gasteiger partial charge on any atom is -0.354 e. The first-order chi connectivity index (χ1) is 5.18. The Bertz CT molecular complexity index is 169. The molecule has 1 heterocycles. The lowest BCUT2D eigenvalue weighted by Crippen LogP contribution is -2.47. The van der Waals surface area contributed by atoms with Gasteiger partial charge in [0.2, 0.25) is 11.8 Å². The Balaban J connectivity index is 2.28. The lowest BCUT2D eigenvalue weighted by Gasteiger charge is -2.22. The summed E-state index contributed by atoms with van der Waals surface area (Å²) in [7, 11) is 0. The van der Waals surface area contributed by atoms with Crippen LogP contribution in [-0.2, 0) is 9.59 Å². The average molecular weight is 156 g/mol. The van der Waals surface area contributed by atoms with Crippen molar-refractivity contribution in [3.05, 3.63) is 0 Å². The van der Waals surface area contributed by atoms with Crippen LogP contribution in [0.25, 0.3) is 0 Å². The first-order valence-electron chi connectivity index (χ1n) is 3.72. The van der Waals surface area contributed by atoms with E-state index >= 15 is 0 Å². The summed E-state index contributed by atoms with van der Waals surface area (Å²) in [6.07, 6.45) is 1.27. The second-order valence-electron chi connectivity index (χ2n) is 2.74. The monoisotopic (exact) mass is 156 g/mol. The van der Waals surface area contributed by atoms with Gasteiger partial charge in [-0.05, 0) is 6.42 Å². The second-order valence-corrected chi connectivity index (χ2v) is 2.74.